The second-order valence-electron chi connectivity index (χ2n) is 7.17. The number of rotatable bonds is 4. The highest BCUT2D eigenvalue weighted by Crippen LogP contribution is 2.35. The summed E-state index contributed by atoms with van der Waals surface area (Å²) in [6.45, 7) is 5.73. The SMILES string of the molecule is COC(CC1=CC2CCCC(C1)N2C(=O)OC(C)(C)C)OC. The van der Waals surface area contributed by atoms with E-state index in [1.54, 1.807) is 14.2 Å². The molecule has 2 heterocycles. The molecule has 0 aromatic heterocycles. The summed E-state index contributed by atoms with van der Waals surface area (Å²) in [6.07, 6.45) is 6.68. The Balaban J connectivity index is 2.09. The number of carbonyl (C=O) groups is 1. The molecule has 2 unspecified atom stereocenters. The van der Waals surface area contributed by atoms with Crippen LogP contribution in [-0.4, -0.2) is 49.2 Å². The molecule has 0 aromatic rings. The minimum absolute atomic E-state index is 0.145. The molecule has 0 N–H and O–H groups in total. The lowest BCUT2D eigenvalue weighted by Gasteiger charge is -2.45. The van der Waals surface area contributed by atoms with Crippen LogP contribution in [0.2, 0.25) is 0 Å². The smallest absolute Gasteiger partial charge is 0.411 e. The fourth-order valence-electron chi connectivity index (χ4n) is 3.35. The molecule has 2 aliphatic heterocycles. The van der Waals surface area contributed by atoms with E-state index in [2.05, 4.69) is 6.08 Å². The second-order valence-corrected chi connectivity index (χ2v) is 7.17. The molecule has 1 amide bonds. The zero-order valence-corrected chi connectivity index (χ0v) is 14.4. The fourth-order valence-corrected chi connectivity index (χ4v) is 3.35. The van der Waals surface area contributed by atoms with Crippen LogP contribution in [0.5, 0.6) is 0 Å². The molecule has 2 rings (SSSR count). The van der Waals surface area contributed by atoms with Gasteiger partial charge in [0.1, 0.15) is 5.60 Å². The lowest BCUT2D eigenvalue weighted by molar-refractivity contribution is -0.101. The monoisotopic (exact) mass is 311 g/mol. The number of hydrogen-bond donors (Lipinski definition) is 0. The maximum absolute atomic E-state index is 12.5. The van der Waals surface area contributed by atoms with Crippen LogP contribution in [0, 0.1) is 0 Å². The summed E-state index contributed by atoms with van der Waals surface area (Å²) < 4.78 is 16.2. The lowest BCUT2D eigenvalue weighted by Crippen LogP contribution is -2.53. The van der Waals surface area contributed by atoms with Crippen molar-refractivity contribution in [3.8, 4) is 0 Å². The summed E-state index contributed by atoms with van der Waals surface area (Å²) in [5, 5.41) is 0. The molecule has 0 aromatic carbocycles. The van der Waals surface area contributed by atoms with Crippen molar-refractivity contribution in [2.75, 3.05) is 14.2 Å². The van der Waals surface area contributed by atoms with Crippen molar-refractivity contribution in [3.63, 3.8) is 0 Å². The predicted octanol–water partition coefficient (Wildman–Crippen LogP) is 3.48. The van der Waals surface area contributed by atoms with Gasteiger partial charge in [0.05, 0.1) is 6.04 Å². The van der Waals surface area contributed by atoms with Crippen LogP contribution in [0.15, 0.2) is 11.6 Å². The number of piperidine rings is 1. The van der Waals surface area contributed by atoms with Crippen molar-refractivity contribution in [2.24, 2.45) is 0 Å². The molecular formula is C17H29NO4. The summed E-state index contributed by atoms with van der Waals surface area (Å²) in [6, 6.07) is 0.384. The third-order valence-electron chi connectivity index (χ3n) is 4.27. The predicted molar refractivity (Wildman–Crippen MR) is 84.6 cm³/mol. The lowest BCUT2D eigenvalue weighted by atomic mass is 9.84. The molecule has 0 spiro atoms. The zero-order chi connectivity index (χ0) is 16.3. The van der Waals surface area contributed by atoms with E-state index in [0.717, 1.165) is 32.1 Å². The molecule has 2 aliphatic rings. The van der Waals surface area contributed by atoms with Gasteiger partial charge in [-0.1, -0.05) is 11.6 Å². The highest BCUT2D eigenvalue weighted by atomic mass is 16.7. The van der Waals surface area contributed by atoms with Crippen LogP contribution in [0.1, 0.15) is 52.9 Å². The number of carbonyl (C=O) groups excluding carboxylic acids is 1. The molecule has 1 fully saturated rings. The van der Waals surface area contributed by atoms with Crippen LogP contribution in [0.4, 0.5) is 4.79 Å². The normalized spacial score (nSPS) is 25.2. The van der Waals surface area contributed by atoms with E-state index in [1.165, 1.54) is 5.57 Å². The summed E-state index contributed by atoms with van der Waals surface area (Å²) in [5.74, 6) is 0. The Bertz CT molecular complexity index is 423. The number of ether oxygens (including phenoxy) is 3. The quantitative estimate of drug-likeness (QED) is 0.589. The summed E-state index contributed by atoms with van der Waals surface area (Å²) >= 11 is 0. The van der Waals surface area contributed by atoms with E-state index in [4.69, 9.17) is 14.2 Å². The van der Waals surface area contributed by atoms with Crippen LogP contribution >= 0.6 is 0 Å². The van der Waals surface area contributed by atoms with E-state index in [-0.39, 0.29) is 24.5 Å². The van der Waals surface area contributed by atoms with Gasteiger partial charge in [-0.2, -0.15) is 0 Å². The third-order valence-corrected chi connectivity index (χ3v) is 4.27. The molecule has 5 nitrogen and oxygen atoms in total. The average molecular weight is 311 g/mol. The van der Waals surface area contributed by atoms with Crippen LogP contribution in [-0.2, 0) is 14.2 Å². The van der Waals surface area contributed by atoms with Crippen molar-refractivity contribution in [1.29, 1.82) is 0 Å². The van der Waals surface area contributed by atoms with Crippen LogP contribution in [0.3, 0.4) is 0 Å². The average Bonchev–Trinajstić information content (AvgIpc) is 2.41. The van der Waals surface area contributed by atoms with E-state index in [0.29, 0.717) is 0 Å². The van der Waals surface area contributed by atoms with Gasteiger partial charge in [0.2, 0.25) is 0 Å². The third kappa shape index (κ3) is 4.23. The number of hydrogen-bond acceptors (Lipinski definition) is 4. The highest BCUT2D eigenvalue weighted by molar-refractivity contribution is 5.70. The molecular weight excluding hydrogens is 282 g/mol. The first-order valence-electron chi connectivity index (χ1n) is 8.10. The first-order valence-corrected chi connectivity index (χ1v) is 8.10. The standard InChI is InChI=1S/C17H29NO4/c1-17(2,3)22-16(19)18-13-7-6-8-14(18)10-12(9-13)11-15(20-4)21-5/h9,13-15H,6-8,10-11H2,1-5H3. The van der Waals surface area contributed by atoms with Crippen molar-refractivity contribution < 1.29 is 19.0 Å². The molecule has 0 radical (unpaired) electrons. The largest absolute Gasteiger partial charge is 0.444 e. The van der Waals surface area contributed by atoms with Gasteiger partial charge in [-0.25, -0.2) is 4.79 Å². The van der Waals surface area contributed by atoms with Gasteiger partial charge in [0, 0.05) is 26.7 Å². The van der Waals surface area contributed by atoms with Gasteiger partial charge in [-0.15, -0.1) is 0 Å². The van der Waals surface area contributed by atoms with Crippen molar-refractivity contribution in [1.82, 2.24) is 4.90 Å². The Labute approximate surface area is 133 Å². The van der Waals surface area contributed by atoms with Crippen LogP contribution < -0.4 is 0 Å². The van der Waals surface area contributed by atoms with E-state index in [9.17, 15) is 4.79 Å². The highest BCUT2D eigenvalue weighted by Gasteiger charge is 2.39. The Morgan fingerprint density at radius 1 is 1.32 bits per heavy atom. The second kappa shape index (κ2) is 7.01. The molecule has 2 atom stereocenters. The Morgan fingerprint density at radius 3 is 2.55 bits per heavy atom. The number of methoxy groups -OCH3 is 2. The summed E-state index contributed by atoms with van der Waals surface area (Å²) in [5.41, 5.74) is 0.871. The van der Waals surface area contributed by atoms with Crippen molar-refractivity contribution in [2.45, 2.75) is 76.9 Å². The molecule has 2 bridgehead atoms. The maximum atomic E-state index is 12.5. The minimum Gasteiger partial charge on any atom is -0.444 e. The molecule has 0 aliphatic carbocycles. The number of fused-ring (bicyclic) bond motifs is 2. The number of amides is 1. The molecule has 5 heteroatoms. The van der Waals surface area contributed by atoms with Crippen molar-refractivity contribution >= 4 is 6.09 Å². The van der Waals surface area contributed by atoms with Gasteiger partial charge in [-0.3, -0.25) is 4.90 Å². The van der Waals surface area contributed by atoms with Gasteiger partial charge < -0.3 is 14.2 Å². The Hall–Kier alpha value is -1.07. The first-order chi connectivity index (χ1) is 10.3. The van der Waals surface area contributed by atoms with Gasteiger partial charge in [0.15, 0.2) is 6.29 Å². The minimum atomic E-state index is -0.452. The molecule has 0 saturated carbocycles. The van der Waals surface area contributed by atoms with E-state index >= 15 is 0 Å². The summed E-state index contributed by atoms with van der Waals surface area (Å²) in [7, 11) is 3.32. The van der Waals surface area contributed by atoms with Gasteiger partial charge in [0.25, 0.3) is 0 Å². The van der Waals surface area contributed by atoms with E-state index in [1.807, 2.05) is 25.7 Å². The molecule has 22 heavy (non-hydrogen) atoms. The van der Waals surface area contributed by atoms with Gasteiger partial charge in [-0.05, 0) is 46.5 Å². The maximum Gasteiger partial charge on any atom is 0.411 e. The zero-order valence-electron chi connectivity index (χ0n) is 14.4. The Kier molecular flexibility index (Phi) is 5.50. The van der Waals surface area contributed by atoms with Gasteiger partial charge >= 0.3 is 6.09 Å². The number of nitrogens with zero attached hydrogens (tertiary/aromatic N) is 1. The van der Waals surface area contributed by atoms with Crippen LogP contribution in [0.25, 0.3) is 0 Å². The topological polar surface area (TPSA) is 48.0 Å². The Morgan fingerprint density at radius 2 is 2.00 bits per heavy atom. The van der Waals surface area contributed by atoms with E-state index < -0.39 is 5.60 Å². The first kappa shape index (κ1) is 17.3. The van der Waals surface area contributed by atoms with Crippen molar-refractivity contribution in [3.05, 3.63) is 11.6 Å². The molecule has 126 valence electrons. The fraction of sp³-hybridized carbons (Fsp3) is 0.824. The molecule has 1 saturated heterocycles. The summed E-state index contributed by atoms with van der Waals surface area (Å²) in [4.78, 5) is 14.4.